The van der Waals surface area contributed by atoms with Gasteiger partial charge in [-0.3, -0.25) is 0 Å². The molecule has 0 fully saturated rings. The summed E-state index contributed by atoms with van der Waals surface area (Å²) in [5, 5.41) is 0. The summed E-state index contributed by atoms with van der Waals surface area (Å²) < 4.78 is 0. The van der Waals surface area contributed by atoms with Gasteiger partial charge in [0.25, 0.3) is 0 Å². The van der Waals surface area contributed by atoms with E-state index in [0.29, 0.717) is 0 Å². The zero-order valence-corrected chi connectivity index (χ0v) is 7.65. The number of hydrogen-bond donors (Lipinski definition) is 0. The highest BCUT2D eigenvalue weighted by Crippen LogP contribution is 2.12. The first kappa shape index (κ1) is 9.28. The van der Waals surface area contributed by atoms with Crippen LogP contribution in [0.15, 0.2) is 23.4 Å². The third-order valence-electron chi connectivity index (χ3n) is 1.72. The molecule has 0 unspecified atom stereocenters. The van der Waals surface area contributed by atoms with E-state index in [4.69, 9.17) is 0 Å². The summed E-state index contributed by atoms with van der Waals surface area (Å²) in [6, 6.07) is 0. The Morgan fingerprint density at radius 1 is 1.10 bits per heavy atom. The lowest BCUT2D eigenvalue weighted by Gasteiger charge is -2.17. The minimum atomic E-state index is 1.10. The van der Waals surface area contributed by atoms with Gasteiger partial charge in [-0.05, 0) is 26.3 Å². The maximum atomic E-state index is 3.94. The quantitative estimate of drug-likeness (QED) is 0.531. The van der Waals surface area contributed by atoms with Gasteiger partial charge in [-0.15, -0.1) is 0 Å². The van der Waals surface area contributed by atoms with Crippen molar-refractivity contribution in [1.82, 2.24) is 4.90 Å². The molecule has 0 heterocycles. The Morgan fingerprint density at radius 2 is 1.50 bits per heavy atom. The second-order valence-electron chi connectivity index (χ2n) is 2.97. The van der Waals surface area contributed by atoms with Gasteiger partial charge in [0.1, 0.15) is 0 Å². The Kier molecular flexibility index (Phi) is 3.20. The molecule has 0 spiro atoms. The van der Waals surface area contributed by atoms with Crippen LogP contribution in [0.2, 0.25) is 0 Å². The van der Waals surface area contributed by atoms with Gasteiger partial charge in [0.15, 0.2) is 0 Å². The number of nitrogens with zero attached hydrogens (tertiary/aromatic N) is 1. The molecule has 0 N–H and O–H groups in total. The van der Waals surface area contributed by atoms with Crippen molar-refractivity contribution >= 4 is 0 Å². The summed E-state index contributed by atoms with van der Waals surface area (Å²) in [5.74, 6) is 0. The monoisotopic (exact) mass is 139 g/mol. The molecule has 0 radical (unpaired) electrons. The van der Waals surface area contributed by atoms with Crippen molar-refractivity contribution in [2.75, 3.05) is 14.1 Å². The van der Waals surface area contributed by atoms with Crippen molar-refractivity contribution in [1.29, 1.82) is 0 Å². The molecule has 0 rings (SSSR count). The van der Waals surface area contributed by atoms with Gasteiger partial charge >= 0.3 is 0 Å². The van der Waals surface area contributed by atoms with Gasteiger partial charge in [0, 0.05) is 19.8 Å². The lowest BCUT2D eigenvalue weighted by Crippen LogP contribution is -2.11. The Labute approximate surface area is 64.0 Å². The van der Waals surface area contributed by atoms with E-state index in [0.717, 1.165) is 5.70 Å². The predicted molar refractivity (Wildman–Crippen MR) is 46.9 cm³/mol. The molecule has 0 aromatic rings. The number of hydrogen-bond acceptors (Lipinski definition) is 1. The Morgan fingerprint density at radius 3 is 1.60 bits per heavy atom. The molecule has 0 aliphatic rings. The standard InChI is InChI=1S/C9H17N/c1-7(2)8(3)9(4)10(5)6/h4H2,1-3,5-6H3. The van der Waals surface area contributed by atoms with Crippen molar-refractivity contribution in [2.24, 2.45) is 0 Å². The number of allylic oxidation sites excluding steroid dienone is 2. The maximum absolute atomic E-state index is 3.94. The highest BCUT2D eigenvalue weighted by molar-refractivity contribution is 5.27. The minimum absolute atomic E-state index is 1.10. The molecule has 0 amide bonds. The van der Waals surface area contributed by atoms with Crippen LogP contribution in [-0.2, 0) is 0 Å². The van der Waals surface area contributed by atoms with E-state index in [1.54, 1.807) is 0 Å². The van der Waals surface area contributed by atoms with Gasteiger partial charge in [0.05, 0.1) is 0 Å². The van der Waals surface area contributed by atoms with Gasteiger partial charge in [-0.25, -0.2) is 0 Å². The van der Waals surface area contributed by atoms with Crippen LogP contribution in [0.3, 0.4) is 0 Å². The first-order valence-electron chi connectivity index (χ1n) is 3.47. The molecule has 0 aromatic carbocycles. The summed E-state index contributed by atoms with van der Waals surface area (Å²) in [5.41, 5.74) is 3.71. The second kappa shape index (κ2) is 3.45. The van der Waals surface area contributed by atoms with Crippen molar-refractivity contribution in [2.45, 2.75) is 20.8 Å². The highest BCUT2D eigenvalue weighted by atomic mass is 15.1. The fraction of sp³-hybridized carbons (Fsp3) is 0.556. The molecule has 0 aliphatic heterocycles. The summed E-state index contributed by atoms with van der Waals surface area (Å²) >= 11 is 0. The Bertz CT molecular complexity index is 160. The predicted octanol–water partition coefficient (Wildman–Crippen LogP) is 2.42. The third-order valence-corrected chi connectivity index (χ3v) is 1.72. The zero-order valence-electron chi connectivity index (χ0n) is 7.65. The first-order valence-corrected chi connectivity index (χ1v) is 3.47. The van der Waals surface area contributed by atoms with E-state index in [1.165, 1.54) is 11.1 Å². The molecule has 0 aromatic heterocycles. The van der Waals surface area contributed by atoms with Gasteiger partial charge in [-0.1, -0.05) is 12.2 Å². The Balaban J connectivity index is 4.38. The minimum Gasteiger partial charge on any atom is -0.378 e. The summed E-state index contributed by atoms with van der Waals surface area (Å²) in [6.45, 7) is 10.2. The molecule has 1 heteroatoms. The van der Waals surface area contributed by atoms with Crippen LogP contribution < -0.4 is 0 Å². The van der Waals surface area contributed by atoms with E-state index in [2.05, 4.69) is 27.4 Å². The topological polar surface area (TPSA) is 3.24 Å². The maximum Gasteiger partial charge on any atom is 0.0317 e. The van der Waals surface area contributed by atoms with Crippen LogP contribution in [0.4, 0.5) is 0 Å². The molecule has 0 atom stereocenters. The van der Waals surface area contributed by atoms with Crippen LogP contribution in [0.5, 0.6) is 0 Å². The SMILES string of the molecule is C=C(C(C)=C(C)C)N(C)C. The van der Waals surface area contributed by atoms with Crippen LogP contribution >= 0.6 is 0 Å². The van der Waals surface area contributed by atoms with Gasteiger partial charge in [0.2, 0.25) is 0 Å². The lowest BCUT2D eigenvalue weighted by atomic mass is 10.1. The van der Waals surface area contributed by atoms with Crippen LogP contribution in [-0.4, -0.2) is 19.0 Å². The smallest absolute Gasteiger partial charge is 0.0317 e. The fourth-order valence-corrected chi connectivity index (χ4v) is 0.624. The van der Waals surface area contributed by atoms with E-state index < -0.39 is 0 Å². The molecule has 0 aliphatic carbocycles. The summed E-state index contributed by atoms with van der Waals surface area (Å²) in [6.07, 6.45) is 0. The molecule has 1 nitrogen and oxygen atoms in total. The summed E-state index contributed by atoms with van der Waals surface area (Å²) in [7, 11) is 4.02. The van der Waals surface area contributed by atoms with E-state index in [-0.39, 0.29) is 0 Å². The average Bonchev–Trinajstić information content (AvgIpc) is 1.84. The normalized spacial score (nSPS) is 8.90. The molecule has 10 heavy (non-hydrogen) atoms. The van der Waals surface area contributed by atoms with Crippen molar-refractivity contribution < 1.29 is 0 Å². The third kappa shape index (κ3) is 2.26. The highest BCUT2D eigenvalue weighted by Gasteiger charge is 1.98. The van der Waals surface area contributed by atoms with Crippen LogP contribution in [0.1, 0.15) is 20.8 Å². The average molecular weight is 139 g/mol. The molecule has 0 bridgehead atoms. The molecule has 58 valence electrons. The molecular formula is C9H17N. The summed E-state index contributed by atoms with van der Waals surface area (Å²) in [4.78, 5) is 2.03. The second-order valence-corrected chi connectivity index (χ2v) is 2.97. The molecule has 0 saturated carbocycles. The lowest BCUT2D eigenvalue weighted by molar-refractivity contribution is 0.523. The number of rotatable bonds is 2. The van der Waals surface area contributed by atoms with Crippen LogP contribution in [0.25, 0.3) is 0 Å². The molecule has 0 saturated heterocycles. The largest absolute Gasteiger partial charge is 0.378 e. The molecular weight excluding hydrogens is 122 g/mol. The van der Waals surface area contributed by atoms with Gasteiger partial charge < -0.3 is 4.90 Å². The first-order chi connectivity index (χ1) is 4.46. The van der Waals surface area contributed by atoms with E-state index in [1.807, 2.05) is 19.0 Å². The Hall–Kier alpha value is -0.720. The van der Waals surface area contributed by atoms with E-state index >= 15 is 0 Å². The van der Waals surface area contributed by atoms with Crippen molar-refractivity contribution in [3.8, 4) is 0 Å². The number of likely N-dealkylation sites (N-methyl/N-ethyl adjacent to an activating group) is 1. The van der Waals surface area contributed by atoms with E-state index in [9.17, 15) is 0 Å². The van der Waals surface area contributed by atoms with Gasteiger partial charge in [-0.2, -0.15) is 0 Å². The zero-order chi connectivity index (χ0) is 8.31. The van der Waals surface area contributed by atoms with Crippen molar-refractivity contribution in [3.05, 3.63) is 23.4 Å². The van der Waals surface area contributed by atoms with Crippen molar-refractivity contribution in [3.63, 3.8) is 0 Å². The van der Waals surface area contributed by atoms with Crippen LogP contribution in [0, 0.1) is 0 Å². The fourth-order valence-electron chi connectivity index (χ4n) is 0.624.